The Hall–Kier alpha value is -2.49. The number of hydrogen-bond acceptors (Lipinski definition) is 7. The molecule has 2 aliphatic heterocycles. The van der Waals surface area contributed by atoms with E-state index in [4.69, 9.17) is 14.0 Å². The topological polar surface area (TPSA) is 105 Å². The van der Waals surface area contributed by atoms with E-state index in [9.17, 15) is 20.1 Å². The van der Waals surface area contributed by atoms with Crippen molar-refractivity contribution in [1.29, 1.82) is 0 Å². The molecule has 2 aromatic carbocycles. The molecule has 0 radical (unpaired) electrons. The van der Waals surface area contributed by atoms with Crippen LogP contribution in [0.25, 0.3) is 5.76 Å². The Labute approximate surface area is 205 Å². The molecule has 0 saturated carbocycles. The highest BCUT2D eigenvalue weighted by atomic mass is 16.6. The minimum Gasteiger partial charge on any atom is -0.492 e. The van der Waals surface area contributed by atoms with E-state index in [2.05, 4.69) is 0 Å². The third-order valence-corrected chi connectivity index (χ3v) is 7.56. The largest absolute Gasteiger partial charge is 0.493 e. The normalized spacial score (nSPS) is 25.1. The van der Waals surface area contributed by atoms with E-state index >= 15 is 0 Å². The summed E-state index contributed by atoms with van der Waals surface area (Å²) in [5, 5.41) is 31.0. The Bertz CT molecular complexity index is 1140. The summed E-state index contributed by atoms with van der Waals surface area (Å²) in [4.78, 5) is 13.8. The maximum Gasteiger partial charge on any atom is 0.493 e. The predicted octanol–water partition coefficient (Wildman–Crippen LogP) is 1.57. The van der Waals surface area contributed by atoms with Gasteiger partial charge in [-0.25, -0.2) is 0 Å². The molecule has 0 aromatic heterocycles. The van der Waals surface area contributed by atoms with Gasteiger partial charge in [0.05, 0.1) is 25.2 Å². The van der Waals surface area contributed by atoms with Crippen molar-refractivity contribution in [3.05, 3.63) is 70.8 Å². The van der Waals surface area contributed by atoms with Crippen LogP contribution in [0.3, 0.4) is 0 Å². The number of aliphatic hydroxyl groups is 3. The number of ether oxygens (including phenoxy) is 1. The Morgan fingerprint density at radius 1 is 0.971 bits per heavy atom. The van der Waals surface area contributed by atoms with Crippen LogP contribution in [-0.4, -0.2) is 61.3 Å². The molecule has 35 heavy (non-hydrogen) atoms. The van der Waals surface area contributed by atoms with Crippen LogP contribution in [0, 0.1) is 10.8 Å². The molecule has 1 saturated heterocycles. The van der Waals surface area contributed by atoms with Gasteiger partial charge in [0.15, 0.2) is 11.4 Å². The van der Waals surface area contributed by atoms with Gasteiger partial charge in [-0.15, -0.1) is 0 Å². The fraction of sp³-hybridized carbons (Fsp3) is 0.444. The first-order valence-electron chi connectivity index (χ1n) is 12.0. The van der Waals surface area contributed by atoms with Crippen molar-refractivity contribution in [2.75, 3.05) is 33.0 Å². The molecule has 7 nitrogen and oxygen atoms in total. The number of carbonyl (C=O) groups excluding carboxylic acids is 1. The lowest BCUT2D eigenvalue weighted by atomic mass is 9.66. The van der Waals surface area contributed by atoms with Crippen molar-refractivity contribution in [2.24, 2.45) is 10.8 Å². The monoisotopic (exact) mass is 478 g/mol. The fourth-order valence-electron chi connectivity index (χ4n) is 5.19. The number of ketones is 1. The second-order valence-corrected chi connectivity index (χ2v) is 10.6. The second kappa shape index (κ2) is 8.87. The molecular formula is C27H31BO7. The number of aliphatic hydroxyl groups excluding tert-OH is 2. The van der Waals surface area contributed by atoms with Crippen molar-refractivity contribution in [3.8, 4) is 0 Å². The molecule has 3 N–H and O–H groups in total. The highest BCUT2D eigenvalue weighted by molar-refractivity contribution is 6.61. The zero-order valence-corrected chi connectivity index (χ0v) is 20.1. The van der Waals surface area contributed by atoms with E-state index in [0.29, 0.717) is 29.9 Å². The maximum absolute atomic E-state index is 13.8. The summed E-state index contributed by atoms with van der Waals surface area (Å²) >= 11 is 0. The van der Waals surface area contributed by atoms with Gasteiger partial charge < -0.3 is 29.4 Å². The lowest BCUT2D eigenvalue weighted by Gasteiger charge is -2.43. The minimum absolute atomic E-state index is 0.125. The van der Waals surface area contributed by atoms with E-state index < -0.39 is 23.5 Å². The predicted molar refractivity (Wildman–Crippen MR) is 131 cm³/mol. The van der Waals surface area contributed by atoms with E-state index in [1.165, 1.54) is 0 Å². The Balaban J connectivity index is 1.41. The van der Waals surface area contributed by atoms with Crippen molar-refractivity contribution >= 4 is 24.1 Å². The van der Waals surface area contributed by atoms with Crippen molar-refractivity contribution < 1.29 is 34.2 Å². The quantitative estimate of drug-likeness (QED) is 0.561. The molecular weight excluding hydrogens is 447 g/mol. The number of rotatable bonds is 5. The smallest absolute Gasteiger partial charge is 0.492 e. The summed E-state index contributed by atoms with van der Waals surface area (Å²) < 4.78 is 17.5. The standard InChI is InChI=1S/C27H31BO7/c1-25(2)11-12-33-23-20-5-3-4-6-21(20)27(32,24(31)22(23)25)13-18-7-9-19(10-8-18)28-34-16-26(14-29,15-30)17-35-28/h3-10,29-30,32H,11-17H2,1-2H3. The Morgan fingerprint density at radius 2 is 1.63 bits per heavy atom. The van der Waals surface area contributed by atoms with Gasteiger partial charge in [-0.1, -0.05) is 62.4 Å². The fourth-order valence-corrected chi connectivity index (χ4v) is 5.19. The van der Waals surface area contributed by atoms with Gasteiger partial charge >= 0.3 is 7.12 Å². The minimum atomic E-state index is -1.70. The molecule has 5 rings (SSSR count). The van der Waals surface area contributed by atoms with Gasteiger partial charge in [-0.2, -0.15) is 0 Å². The molecule has 1 aliphatic carbocycles. The first-order chi connectivity index (χ1) is 16.7. The van der Waals surface area contributed by atoms with E-state index in [1.54, 1.807) is 6.07 Å². The zero-order valence-electron chi connectivity index (χ0n) is 20.1. The van der Waals surface area contributed by atoms with Crippen LogP contribution in [0.5, 0.6) is 0 Å². The molecule has 0 amide bonds. The summed E-state index contributed by atoms with van der Waals surface area (Å²) in [5.74, 6) is 0.290. The average molecular weight is 478 g/mol. The van der Waals surface area contributed by atoms with Gasteiger partial charge in [0, 0.05) is 41.7 Å². The number of Topliss-reactive ketones (excluding diaryl/α,β-unsaturated/α-hetero) is 1. The van der Waals surface area contributed by atoms with Gasteiger partial charge in [-0.3, -0.25) is 4.79 Å². The van der Waals surface area contributed by atoms with Gasteiger partial charge in [0.25, 0.3) is 0 Å². The van der Waals surface area contributed by atoms with E-state index in [0.717, 1.165) is 16.6 Å². The van der Waals surface area contributed by atoms with Crippen molar-refractivity contribution in [2.45, 2.75) is 32.3 Å². The first kappa shape index (κ1) is 24.2. The van der Waals surface area contributed by atoms with E-state index in [-0.39, 0.29) is 38.6 Å². The highest BCUT2D eigenvalue weighted by Crippen LogP contribution is 2.50. The number of fused-ring (bicyclic) bond motifs is 2. The van der Waals surface area contributed by atoms with Crippen LogP contribution >= 0.6 is 0 Å². The zero-order chi connectivity index (χ0) is 24.8. The summed E-state index contributed by atoms with van der Waals surface area (Å²) in [6, 6.07) is 14.9. The lowest BCUT2D eigenvalue weighted by molar-refractivity contribution is -0.136. The molecule has 0 bridgehead atoms. The van der Waals surface area contributed by atoms with Crippen molar-refractivity contribution in [3.63, 3.8) is 0 Å². The molecule has 1 unspecified atom stereocenters. The summed E-state index contributed by atoms with van der Waals surface area (Å²) in [6.45, 7) is 4.53. The van der Waals surface area contributed by atoms with Gasteiger partial charge in [-0.05, 0) is 17.4 Å². The van der Waals surface area contributed by atoms with Crippen LogP contribution < -0.4 is 5.46 Å². The Kier molecular flexibility index (Phi) is 6.14. The highest BCUT2D eigenvalue weighted by Gasteiger charge is 2.51. The lowest BCUT2D eigenvalue weighted by Crippen LogP contribution is -2.52. The maximum atomic E-state index is 13.8. The van der Waals surface area contributed by atoms with Crippen LogP contribution in [0.15, 0.2) is 54.1 Å². The molecule has 184 valence electrons. The molecule has 2 aromatic rings. The van der Waals surface area contributed by atoms with E-state index in [1.807, 2.05) is 56.3 Å². The van der Waals surface area contributed by atoms with Crippen LogP contribution in [0.2, 0.25) is 0 Å². The number of hydrogen-bond donors (Lipinski definition) is 3. The third-order valence-electron chi connectivity index (χ3n) is 7.56. The molecule has 2 heterocycles. The average Bonchev–Trinajstić information content (AvgIpc) is 2.87. The summed E-state index contributed by atoms with van der Waals surface area (Å²) in [5.41, 5.74) is 0.586. The van der Waals surface area contributed by atoms with Gasteiger partial charge in [0.1, 0.15) is 5.76 Å². The second-order valence-electron chi connectivity index (χ2n) is 10.6. The summed E-state index contributed by atoms with van der Waals surface area (Å²) in [7, 11) is -0.608. The number of carbonyl (C=O) groups is 1. The SMILES string of the molecule is CC1(C)CCOC2=C1C(=O)C(O)(Cc1ccc(B3OCC(CO)(CO)CO3)cc1)c1ccccc12. The molecule has 0 spiro atoms. The molecule has 1 fully saturated rings. The number of benzene rings is 2. The van der Waals surface area contributed by atoms with Crippen LogP contribution in [0.4, 0.5) is 0 Å². The Morgan fingerprint density at radius 3 is 2.29 bits per heavy atom. The molecule has 3 aliphatic rings. The van der Waals surface area contributed by atoms with Crippen LogP contribution in [0.1, 0.15) is 37.0 Å². The third kappa shape index (κ3) is 4.03. The van der Waals surface area contributed by atoms with Gasteiger partial charge in [0.2, 0.25) is 0 Å². The first-order valence-corrected chi connectivity index (χ1v) is 12.0. The van der Waals surface area contributed by atoms with Crippen LogP contribution in [-0.2, 0) is 30.9 Å². The summed E-state index contributed by atoms with van der Waals surface area (Å²) in [6.07, 6.45) is 0.834. The molecule has 1 atom stereocenters. The molecule has 8 heteroatoms. The van der Waals surface area contributed by atoms with Crippen molar-refractivity contribution in [1.82, 2.24) is 0 Å².